The number of esters is 1. The Hall–Kier alpha value is -2.03. The summed E-state index contributed by atoms with van der Waals surface area (Å²) in [4.78, 5) is 37.8. The number of allylic oxidation sites excluding steroid dienone is 7. The molecule has 0 heterocycles. The number of phosphoric acid groups is 1. The number of phosphoric ester groups is 1. The predicted octanol–water partition coefficient (Wildman–Crippen LogP) is 21.2. The van der Waals surface area contributed by atoms with Gasteiger partial charge in [0.25, 0.3) is 0 Å². The minimum absolute atomic E-state index is 0.0408. The fraction of sp³-hybridized carbons (Fsp3) is 0.855. The zero-order valence-electron chi connectivity index (χ0n) is 53.1. The summed E-state index contributed by atoms with van der Waals surface area (Å²) in [6, 6.07) is -0.849. The molecule has 0 radical (unpaired) electrons. The molecular weight excluding hydrogens is 1000 g/mol. The topological polar surface area (TPSA) is 111 Å². The summed E-state index contributed by atoms with van der Waals surface area (Å²) in [6.45, 7) is 7.01. The maximum Gasteiger partial charge on any atom is 0.472 e. The summed E-state index contributed by atoms with van der Waals surface area (Å²) < 4.78 is 30.8. The van der Waals surface area contributed by atoms with Gasteiger partial charge in [0.2, 0.25) is 5.91 Å². The van der Waals surface area contributed by atoms with Gasteiger partial charge in [-0.2, -0.15) is 0 Å². The summed E-state index contributed by atoms with van der Waals surface area (Å²) in [6.07, 6.45) is 74.0. The molecule has 0 rings (SSSR count). The van der Waals surface area contributed by atoms with E-state index in [9.17, 15) is 19.0 Å². The van der Waals surface area contributed by atoms with Crippen LogP contribution in [0.15, 0.2) is 48.6 Å². The number of likely N-dealkylation sites (N-methyl/N-ethyl adjacent to an activating group) is 1. The molecule has 0 bridgehead atoms. The second-order valence-corrected chi connectivity index (χ2v) is 25.8. The highest BCUT2D eigenvalue weighted by molar-refractivity contribution is 7.47. The van der Waals surface area contributed by atoms with E-state index >= 15 is 0 Å². The zero-order chi connectivity index (χ0) is 57.9. The minimum atomic E-state index is -4.45. The van der Waals surface area contributed by atoms with Gasteiger partial charge in [-0.25, -0.2) is 4.57 Å². The normalized spacial score (nSPS) is 13.9. The Labute approximate surface area is 490 Å². The first-order chi connectivity index (χ1) is 38.4. The maximum absolute atomic E-state index is 13.6. The highest BCUT2D eigenvalue weighted by Crippen LogP contribution is 2.43. The van der Waals surface area contributed by atoms with Crippen molar-refractivity contribution in [3.8, 4) is 0 Å². The molecule has 0 saturated carbocycles. The average molecular weight is 1130 g/mol. The SMILES string of the molecule is CCCCC/C=C\C/C=C\CCCCCCCCCCCCCCCCCC(=O)NC(COP(=O)(O)OCC[N+](C)(C)C)C(/C=C\CCCCCCCCCCCCC)OC(=O)CCCCCCCCC/C=C\CCCCCC. The van der Waals surface area contributed by atoms with Crippen LogP contribution in [0.25, 0.3) is 0 Å². The third-order valence-corrected chi connectivity index (χ3v) is 16.2. The molecule has 0 spiro atoms. The number of amides is 1. The molecule has 0 aliphatic heterocycles. The molecule has 0 aromatic heterocycles. The van der Waals surface area contributed by atoms with Gasteiger partial charge in [0.05, 0.1) is 33.8 Å². The lowest BCUT2D eigenvalue weighted by molar-refractivity contribution is -0.870. The van der Waals surface area contributed by atoms with Crippen molar-refractivity contribution in [1.82, 2.24) is 5.32 Å². The first-order valence-electron chi connectivity index (χ1n) is 34.0. The van der Waals surface area contributed by atoms with E-state index in [0.717, 1.165) is 64.2 Å². The second-order valence-electron chi connectivity index (χ2n) is 24.3. The largest absolute Gasteiger partial charge is 0.472 e. The number of nitrogens with one attached hydrogen (secondary N) is 1. The summed E-state index contributed by atoms with van der Waals surface area (Å²) in [5.41, 5.74) is 0. The number of nitrogens with zero attached hydrogens (tertiary/aromatic N) is 1. The minimum Gasteiger partial charge on any atom is -0.456 e. The van der Waals surface area contributed by atoms with E-state index in [-0.39, 0.29) is 31.5 Å². The second kappa shape index (κ2) is 59.1. The molecule has 10 heteroatoms. The van der Waals surface area contributed by atoms with Crippen molar-refractivity contribution in [2.75, 3.05) is 40.9 Å². The quantitative estimate of drug-likeness (QED) is 0.0205. The van der Waals surface area contributed by atoms with Crippen LogP contribution in [-0.4, -0.2) is 74.3 Å². The van der Waals surface area contributed by atoms with Crippen LogP contribution in [0.1, 0.15) is 329 Å². The molecule has 0 aliphatic carbocycles. The van der Waals surface area contributed by atoms with Crippen LogP contribution in [0, 0.1) is 0 Å². The Morgan fingerprint density at radius 2 is 0.772 bits per heavy atom. The smallest absolute Gasteiger partial charge is 0.456 e. The van der Waals surface area contributed by atoms with E-state index < -0.39 is 20.0 Å². The highest BCUT2D eigenvalue weighted by Gasteiger charge is 2.30. The summed E-state index contributed by atoms with van der Waals surface area (Å²) in [7, 11) is 1.50. The number of carbonyl (C=O) groups excluding carboxylic acids is 2. The summed E-state index contributed by atoms with van der Waals surface area (Å²) in [5, 5.41) is 3.07. The lowest BCUT2D eigenvalue weighted by Gasteiger charge is -2.27. The van der Waals surface area contributed by atoms with Crippen LogP contribution in [0.2, 0.25) is 0 Å². The van der Waals surface area contributed by atoms with Gasteiger partial charge in [0, 0.05) is 12.8 Å². The molecule has 3 atom stereocenters. The molecule has 1 amide bonds. The Kier molecular flexibility index (Phi) is 57.6. The first-order valence-corrected chi connectivity index (χ1v) is 35.5. The van der Waals surface area contributed by atoms with Crippen LogP contribution >= 0.6 is 7.82 Å². The molecule has 3 unspecified atom stereocenters. The van der Waals surface area contributed by atoms with Crippen LogP contribution in [-0.2, 0) is 27.9 Å². The number of ether oxygens (including phenoxy) is 1. The van der Waals surface area contributed by atoms with Gasteiger partial charge in [0.1, 0.15) is 19.3 Å². The number of quaternary nitrogens is 1. The molecule has 79 heavy (non-hydrogen) atoms. The Balaban J connectivity index is 5.08. The van der Waals surface area contributed by atoms with E-state index in [0.29, 0.717) is 17.4 Å². The molecule has 464 valence electrons. The van der Waals surface area contributed by atoms with Gasteiger partial charge in [-0.15, -0.1) is 0 Å². The van der Waals surface area contributed by atoms with E-state index in [4.69, 9.17) is 13.8 Å². The monoisotopic (exact) mass is 1130 g/mol. The number of unbranched alkanes of at least 4 members (excludes halogenated alkanes) is 40. The van der Waals surface area contributed by atoms with E-state index in [1.807, 2.05) is 33.3 Å². The van der Waals surface area contributed by atoms with E-state index in [1.54, 1.807) is 0 Å². The Morgan fingerprint density at radius 3 is 1.19 bits per heavy atom. The fourth-order valence-electron chi connectivity index (χ4n) is 9.97. The highest BCUT2D eigenvalue weighted by atomic mass is 31.2. The van der Waals surface area contributed by atoms with Gasteiger partial charge in [0.15, 0.2) is 0 Å². The van der Waals surface area contributed by atoms with Crippen molar-refractivity contribution in [2.45, 2.75) is 341 Å². The first kappa shape index (κ1) is 77.0. The van der Waals surface area contributed by atoms with E-state index in [2.05, 4.69) is 62.5 Å². The van der Waals surface area contributed by atoms with Crippen molar-refractivity contribution < 1.29 is 37.3 Å². The van der Waals surface area contributed by atoms with Gasteiger partial charge < -0.3 is 19.4 Å². The molecule has 0 aliphatic rings. The van der Waals surface area contributed by atoms with Crippen molar-refractivity contribution >= 4 is 19.7 Å². The third kappa shape index (κ3) is 60.4. The Morgan fingerprint density at radius 1 is 0.443 bits per heavy atom. The number of hydrogen-bond donors (Lipinski definition) is 2. The molecule has 0 fully saturated rings. The fourth-order valence-corrected chi connectivity index (χ4v) is 10.7. The zero-order valence-corrected chi connectivity index (χ0v) is 54.0. The summed E-state index contributed by atoms with van der Waals surface area (Å²) in [5.74, 6) is -0.497. The van der Waals surface area contributed by atoms with Crippen molar-refractivity contribution in [3.05, 3.63) is 48.6 Å². The number of hydrogen-bond acceptors (Lipinski definition) is 6. The van der Waals surface area contributed by atoms with Crippen molar-refractivity contribution in [3.63, 3.8) is 0 Å². The lowest BCUT2D eigenvalue weighted by Crippen LogP contribution is -2.47. The van der Waals surface area contributed by atoms with Crippen molar-refractivity contribution in [1.29, 1.82) is 0 Å². The molecule has 0 aromatic carbocycles. The molecule has 0 aromatic rings. The van der Waals surface area contributed by atoms with Gasteiger partial charge >= 0.3 is 13.8 Å². The third-order valence-electron chi connectivity index (χ3n) is 15.2. The maximum atomic E-state index is 13.6. The standard InChI is InChI=1S/C69H131N2O7P/c1-7-10-13-16-19-22-25-28-30-31-32-33-34-35-36-37-38-39-41-43-46-49-52-55-58-61-68(72)70-66(65-77-79(74,75)76-64-63-71(4,5)6)67(60-57-54-51-48-45-42-27-24-21-18-15-12-9-3)78-69(73)62-59-56-53-50-47-44-40-29-26-23-20-17-14-11-8-2/h19,22-23,26,28,30,57,60,66-67H,7-18,20-21,24-25,27,29,31-56,58-59,61-65H2,1-6H3,(H-,70,72,74,75)/p+1/b22-19-,26-23-,30-28-,60-57-. The molecular formula is C69H132N2O7P+. The van der Waals surface area contributed by atoms with E-state index in [1.165, 1.54) is 231 Å². The molecule has 0 saturated heterocycles. The van der Waals surface area contributed by atoms with Crippen molar-refractivity contribution in [2.24, 2.45) is 0 Å². The van der Waals surface area contributed by atoms with Crippen LogP contribution in [0.4, 0.5) is 0 Å². The van der Waals surface area contributed by atoms with Crippen LogP contribution in [0.5, 0.6) is 0 Å². The van der Waals surface area contributed by atoms with Crippen LogP contribution in [0.3, 0.4) is 0 Å². The summed E-state index contributed by atoms with van der Waals surface area (Å²) >= 11 is 0. The lowest BCUT2D eigenvalue weighted by atomic mass is 10.0. The number of rotatable bonds is 62. The average Bonchev–Trinajstić information content (AvgIpc) is 3.41. The van der Waals surface area contributed by atoms with Gasteiger partial charge in [-0.3, -0.25) is 18.6 Å². The van der Waals surface area contributed by atoms with Gasteiger partial charge in [-0.1, -0.05) is 275 Å². The van der Waals surface area contributed by atoms with Gasteiger partial charge in [-0.05, 0) is 89.5 Å². The number of carbonyl (C=O) groups is 2. The van der Waals surface area contributed by atoms with Crippen LogP contribution < -0.4 is 5.32 Å². The molecule has 2 N–H and O–H groups in total. The Bertz CT molecular complexity index is 1490. The molecule has 9 nitrogen and oxygen atoms in total. The predicted molar refractivity (Wildman–Crippen MR) is 342 cm³/mol.